The fraction of sp³-hybridized carbons (Fsp3) is 0.467. The second-order valence-corrected chi connectivity index (χ2v) is 11.7. The first-order valence-electron chi connectivity index (χ1n) is 15.4. The first kappa shape index (κ1) is 38.3. The fourth-order valence-corrected chi connectivity index (χ4v) is 5.37. The molecule has 5 atom stereocenters. The number of phenols is 1. The van der Waals surface area contributed by atoms with Crippen molar-refractivity contribution in [3.63, 3.8) is 0 Å². The molecule has 0 unspecified atom stereocenters. The Morgan fingerprint density at radius 3 is 2.16 bits per heavy atom. The number of nitrogens with one attached hydrogen (secondary N) is 5. The van der Waals surface area contributed by atoms with Crippen LogP contribution < -0.4 is 32.7 Å². The normalized spacial score (nSPS) is 16.4. The quantitative estimate of drug-likeness (QED) is 0.0684. The molecule has 1 aromatic carbocycles. The Hall–Kier alpha value is -5.17. The van der Waals surface area contributed by atoms with Crippen molar-refractivity contribution in [1.82, 2.24) is 36.1 Å². The molecule has 0 radical (unpaired) electrons. The van der Waals surface area contributed by atoms with Gasteiger partial charge in [-0.15, -0.1) is 0 Å². The number of primary amides is 2. The van der Waals surface area contributed by atoms with E-state index in [-0.39, 0.29) is 30.3 Å². The van der Waals surface area contributed by atoms with Crippen molar-refractivity contribution in [2.45, 2.75) is 68.7 Å². The van der Waals surface area contributed by atoms with Crippen molar-refractivity contribution in [2.24, 2.45) is 11.5 Å². The third-order valence-electron chi connectivity index (χ3n) is 7.75. The van der Waals surface area contributed by atoms with Crippen LogP contribution in [0.25, 0.3) is 0 Å². The van der Waals surface area contributed by atoms with Gasteiger partial charge in [-0.05, 0) is 37.0 Å². The number of aromatic amines is 1. The topological polar surface area (TPSA) is 292 Å². The van der Waals surface area contributed by atoms with E-state index in [1.54, 1.807) is 12.1 Å². The van der Waals surface area contributed by atoms with Gasteiger partial charge in [0.05, 0.1) is 19.4 Å². The van der Waals surface area contributed by atoms with Crippen molar-refractivity contribution < 1.29 is 43.8 Å². The molecule has 1 aliphatic heterocycles. The van der Waals surface area contributed by atoms with Gasteiger partial charge in [0.1, 0.15) is 36.0 Å². The van der Waals surface area contributed by atoms with Crippen molar-refractivity contribution in [3.05, 3.63) is 48.0 Å². The molecule has 2 heterocycles. The highest BCUT2D eigenvalue weighted by molar-refractivity contribution is 7.80. The van der Waals surface area contributed by atoms with E-state index in [1.807, 2.05) is 0 Å². The number of amides is 7. The van der Waals surface area contributed by atoms with E-state index in [2.05, 4.69) is 43.9 Å². The van der Waals surface area contributed by atoms with Crippen molar-refractivity contribution in [3.8, 4) is 5.75 Å². The van der Waals surface area contributed by atoms with Crippen molar-refractivity contribution >= 4 is 54.0 Å². The highest BCUT2D eigenvalue weighted by atomic mass is 32.1. The maximum Gasteiger partial charge on any atom is 0.245 e. The summed E-state index contributed by atoms with van der Waals surface area (Å²) >= 11 is 4.03. The molecule has 0 saturated carbocycles. The summed E-state index contributed by atoms with van der Waals surface area (Å²) in [4.78, 5) is 96.8. The molecule has 2 aromatic rings. The number of aromatic hydroxyl groups is 1. The molecule has 0 aliphatic carbocycles. The third kappa shape index (κ3) is 11.5. The largest absolute Gasteiger partial charge is 0.508 e. The number of aryl methyl sites for hydroxylation is 1. The van der Waals surface area contributed by atoms with Gasteiger partial charge in [0.15, 0.2) is 0 Å². The summed E-state index contributed by atoms with van der Waals surface area (Å²) in [5, 5.41) is 29.0. The predicted molar refractivity (Wildman–Crippen MR) is 175 cm³/mol. The molecule has 1 saturated heterocycles. The standard InChI is InChI=1S/C30H41N9O9S/c31-24(42)11-19(26(32)44)35-29(47)22(14-49)38-28(46)21(13-40)37-27(45)20(10-17-12-33-15-34-17)36-30(48)23-2-1-9-39(23)25(43)8-5-16-3-6-18(41)7-4-16/h3-4,6-7,12,15,19-23,40-41,49H,1-2,5,8-11,13-14H2,(H2,31,42)(H2,32,44)(H,33,34)(H,35,47)(H,36,48)(H,37,45)(H,38,46)/t19-,20-,21-,22-,23-/m0/s1. The van der Waals surface area contributed by atoms with E-state index >= 15 is 0 Å². The van der Waals surface area contributed by atoms with E-state index in [9.17, 15) is 43.8 Å². The Morgan fingerprint density at radius 2 is 1.57 bits per heavy atom. The molecular formula is C30H41N9O9S. The number of thiol groups is 1. The Bertz CT molecular complexity index is 1490. The van der Waals surface area contributed by atoms with Crippen LogP contribution >= 0.6 is 12.6 Å². The Kier molecular flexibility index (Phi) is 14.4. The number of carbonyl (C=O) groups excluding carboxylic acids is 7. The number of carbonyl (C=O) groups is 7. The minimum atomic E-state index is -1.59. The number of nitrogens with two attached hydrogens (primary N) is 2. The van der Waals surface area contributed by atoms with E-state index in [0.717, 1.165) is 5.56 Å². The van der Waals surface area contributed by atoms with Crippen LogP contribution in [-0.2, 0) is 46.4 Å². The van der Waals surface area contributed by atoms with Crippen LogP contribution in [0.4, 0.5) is 0 Å². The van der Waals surface area contributed by atoms with Crippen LogP contribution in [0, 0.1) is 0 Å². The molecule has 0 spiro atoms. The maximum absolute atomic E-state index is 13.5. The number of hydrogen-bond acceptors (Lipinski definition) is 11. The number of benzene rings is 1. The van der Waals surface area contributed by atoms with Gasteiger partial charge in [0.25, 0.3) is 0 Å². The second kappa shape index (κ2) is 18.4. The van der Waals surface area contributed by atoms with Gasteiger partial charge in [-0.2, -0.15) is 12.6 Å². The highest BCUT2D eigenvalue weighted by Crippen LogP contribution is 2.20. The van der Waals surface area contributed by atoms with E-state index < -0.39 is 78.7 Å². The number of aliphatic hydroxyl groups is 1. The number of likely N-dealkylation sites (tertiary alicyclic amines) is 1. The van der Waals surface area contributed by atoms with Crippen LogP contribution in [0.15, 0.2) is 36.8 Å². The zero-order chi connectivity index (χ0) is 36.1. The number of H-pyrrole nitrogens is 1. The first-order valence-corrected chi connectivity index (χ1v) is 16.0. The van der Waals surface area contributed by atoms with Gasteiger partial charge in [-0.25, -0.2) is 4.98 Å². The van der Waals surface area contributed by atoms with Gasteiger partial charge in [0.2, 0.25) is 41.4 Å². The van der Waals surface area contributed by atoms with Crippen molar-refractivity contribution in [1.29, 1.82) is 0 Å². The number of imidazole rings is 1. The maximum atomic E-state index is 13.5. The summed E-state index contributed by atoms with van der Waals surface area (Å²) in [5.41, 5.74) is 11.6. The number of rotatable bonds is 18. The molecule has 266 valence electrons. The Morgan fingerprint density at radius 1 is 0.939 bits per heavy atom. The summed E-state index contributed by atoms with van der Waals surface area (Å²) < 4.78 is 0. The van der Waals surface area contributed by atoms with E-state index in [1.165, 1.54) is 29.6 Å². The lowest BCUT2D eigenvalue weighted by molar-refractivity contribution is -0.139. The van der Waals surface area contributed by atoms with Crippen LogP contribution in [-0.4, -0.2) is 116 Å². The first-order chi connectivity index (χ1) is 23.3. The van der Waals surface area contributed by atoms with Gasteiger partial charge in [-0.3, -0.25) is 33.6 Å². The average Bonchev–Trinajstić information content (AvgIpc) is 3.77. The number of hydrogen-bond donors (Lipinski definition) is 10. The summed E-state index contributed by atoms with van der Waals surface area (Å²) in [5.74, 6) is -5.76. The second-order valence-electron chi connectivity index (χ2n) is 11.4. The summed E-state index contributed by atoms with van der Waals surface area (Å²) in [6.07, 6.45) is 3.58. The van der Waals surface area contributed by atoms with Gasteiger partial charge in [-0.1, -0.05) is 12.1 Å². The molecule has 7 amide bonds. The number of nitrogens with zero attached hydrogens (tertiary/aromatic N) is 2. The van der Waals surface area contributed by atoms with E-state index in [4.69, 9.17) is 11.5 Å². The molecule has 18 nitrogen and oxygen atoms in total. The SMILES string of the molecule is NC(=O)C[C@H](NC(=O)[C@H](CS)NC(=O)[C@H](CO)NC(=O)[C@H](Cc1cnc[nH]1)NC(=O)[C@@H]1CCCN1C(=O)CCc1ccc(O)cc1)C(N)=O. The molecule has 11 N–H and O–H groups in total. The monoisotopic (exact) mass is 703 g/mol. The smallest absolute Gasteiger partial charge is 0.245 e. The summed E-state index contributed by atoms with van der Waals surface area (Å²) in [6, 6.07) is -0.103. The molecule has 1 aliphatic rings. The van der Waals surface area contributed by atoms with Crippen molar-refractivity contribution in [2.75, 3.05) is 18.9 Å². The lowest BCUT2D eigenvalue weighted by Crippen LogP contribution is -2.60. The zero-order valence-corrected chi connectivity index (χ0v) is 27.4. The summed E-state index contributed by atoms with van der Waals surface area (Å²) in [6.45, 7) is -0.556. The third-order valence-corrected chi connectivity index (χ3v) is 8.11. The van der Waals surface area contributed by atoms with Gasteiger partial charge < -0.3 is 52.8 Å². The lowest BCUT2D eigenvalue weighted by Gasteiger charge is -2.27. The molecule has 0 bridgehead atoms. The zero-order valence-electron chi connectivity index (χ0n) is 26.5. The molecular weight excluding hydrogens is 662 g/mol. The fourth-order valence-electron chi connectivity index (χ4n) is 5.12. The molecule has 1 aromatic heterocycles. The van der Waals surface area contributed by atoms with E-state index in [0.29, 0.717) is 31.5 Å². The predicted octanol–water partition coefficient (Wildman–Crippen LogP) is -3.50. The average molecular weight is 704 g/mol. The summed E-state index contributed by atoms with van der Waals surface area (Å²) in [7, 11) is 0. The van der Waals surface area contributed by atoms with Gasteiger partial charge in [0, 0.05) is 37.0 Å². The Labute approximate surface area is 286 Å². The number of aliphatic hydroxyl groups excluding tert-OH is 1. The van der Waals surface area contributed by atoms with Crippen LogP contribution in [0.1, 0.15) is 36.9 Å². The highest BCUT2D eigenvalue weighted by Gasteiger charge is 2.37. The minimum Gasteiger partial charge on any atom is -0.508 e. The molecule has 49 heavy (non-hydrogen) atoms. The molecule has 19 heteroatoms. The lowest BCUT2D eigenvalue weighted by atomic mass is 10.1. The minimum absolute atomic E-state index is 0.0884. The van der Waals surface area contributed by atoms with Crippen LogP contribution in [0.3, 0.4) is 0 Å². The van der Waals surface area contributed by atoms with Crippen LogP contribution in [0.2, 0.25) is 0 Å². The molecule has 1 fully saturated rings. The van der Waals surface area contributed by atoms with Gasteiger partial charge >= 0.3 is 0 Å². The van der Waals surface area contributed by atoms with Crippen LogP contribution in [0.5, 0.6) is 5.75 Å². The number of aromatic nitrogens is 2. The number of phenolic OH excluding ortho intramolecular Hbond substituents is 1. The molecule has 3 rings (SSSR count). The Balaban J connectivity index is 1.66.